The Bertz CT molecular complexity index is 742. The van der Waals surface area contributed by atoms with E-state index < -0.39 is 6.04 Å². The van der Waals surface area contributed by atoms with Gasteiger partial charge in [0.05, 0.1) is 17.1 Å². The first-order valence-electron chi connectivity index (χ1n) is 8.12. The highest BCUT2D eigenvalue weighted by molar-refractivity contribution is 7.71. The fourth-order valence-electron chi connectivity index (χ4n) is 3.21. The summed E-state index contributed by atoms with van der Waals surface area (Å²) in [6.07, 6.45) is 1.98. The minimum absolute atomic E-state index is 0.0448. The third kappa shape index (κ3) is 3.60. The highest BCUT2D eigenvalue weighted by Crippen LogP contribution is 2.26. The molecule has 0 bridgehead atoms. The van der Waals surface area contributed by atoms with Crippen LogP contribution in [0.25, 0.3) is 10.7 Å². The van der Waals surface area contributed by atoms with Crippen molar-refractivity contribution in [2.45, 2.75) is 57.9 Å². The van der Waals surface area contributed by atoms with Crippen LogP contribution >= 0.6 is 23.6 Å². The molecule has 3 rings (SSSR count). The molecule has 1 saturated heterocycles. The van der Waals surface area contributed by atoms with Gasteiger partial charge in [-0.25, -0.2) is 0 Å². The SMILES string of the molecule is C[C@@H]1CC(NC(=O)[C@H](C)n2c(-c3cccs3)n[nH]c2=S)C[C@@H](C)O1. The minimum Gasteiger partial charge on any atom is -0.375 e. The van der Waals surface area contributed by atoms with E-state index in [1.807, 2.05) is 38.3 Å². The average molecular weight is 367 g/mol. The molecule has 2 N–H and O–H groups in total. The third-order valence-corrected chi connectivity index (χ3v) is 5.41. The van der Waals surface area contributed by atoms with Crippen molar-refractivity contribution in [3.05, 3.63) is 22.3 Å². The van der Waals surface area contributed by atoms with Crippen molar-refractivity contribution in [3.8, 4) is 10.7 Å². The second-order valence-electron chi connectivity index (χ2n) is 6.31. The van der Waals surface area contributed by atoms with Crippen LogP contribution in [-0.4, -0.2) is 38.9 Å². The number of hydrogen-bond donors (Lipinski definition) is 2. The summed E-state index contributed by atoms with van der Waals surface area (Å²) in [6.45, 7) is 5.93. The van der Waals surface area contributed by atoms with Crippen LogP contribution in [0.3, 0.4) is 0 Å². The highest BCUT2D eigenvalue weighted by atomic mass is 32.1. The number of carbonyl (C=O) groups is 1. The molecule has 6 nitrogen and oxygen atoms in total. The van der Waals surface area contributed by atoms with Gasteiger partial charge in [-0.3, -0.25) is 14.5 Å². The zero-order valence-electron chi connectivity index (χ0n) is 14.0. The molecule has 2 aromatic heterocycles. The Balaban J connectivity index is 1.77. The lowest BCUT2D eigenvalue weighted by Gasteiger charge is -2.33. The molecule has 0 unspecified atom stereocenters. The number of amides is 1. The van der Waals surface area contributed by atoms with Crippen molar-refractivity contribution in [2.75, 3.05) is 0 Å². The fraction of sp³-hybridized carbons (Fsp3) is 0.562. The quantitative estimate of drug-likeness (QED) is 0.815. The van der Waals surface area contributed by atoms with Crippen LogP contribution in [0.5, 0.6) is 0 Å². The van der Waals surface area contributed by atoms with Crippen LogP contribution in [0.1, 0.15) is 39.7 Å². The van der Waals surface area contributed by atoms with Crippen molar-refractivity contribution >= 4 is 29.5 Å². The summed E-state index contributed by atoms with van der Waals surface area (Å²) < 4.78 is 7.96. The van der Waals surface area contributed by atoms with Crippen LogP contribution in [-0.2, 0) is 9.53 Å². The lowest BCUT2D eigenvalue weighted by atomic mass is 9.99. The molecule has 0 aliphatic carbocycles. The summed E-state index contributed by atoms with van der Waals surface area (Å²) in [6, 6.07) is 3.63. The lowest BCUT2D eigenvalue weighted by Crippen LogP contribution is -2.45. The Morgan fingerprint density at radius 3 is 2.83 bits per heavy atom. The number of carbonyl (C=O) groups excluding carboxylic acids is 1. The van der Waals surface area contributed by atoms with Gasteiger partial charge in [0.15, 0.2) is 10.6 Å². The lowest BCUT2D eigenvalue weighted by molar-refractivity contribution is -0.126. The third-order valence-electron chi connectivity index (χ3n) is 4.26. The summed E-state index contributed by atoms with van der Waals surface area (Å²) in [4.78, 5) is 13.7. The predicted octanol–water partition coefficient (Wildman–Crippen LogP) is 3.30. The molecule has 1 aliphatic rings. The normalized spacial score (nSPS) is 25.4. The number of aromatic amines is 1. The van der Waals surface area contributed by atoms with Gasteiger partial charge in [0.1, 0.15) is 6.04 Å². The van der Waals surface area contributed by atoms with Gasteiger partial charge >= 0.3 is 0 Å². The molecule has 0 aromatic carbocycles. The van der Waals surface area contributed by atoms with Crippen molar-refractivity contribution in [3.63, 3.8) is 0 Å². The Hall–Kier alpha value is -1.51. The maximum absolute atomic E-state index is 12.7. The Kier molecular flexibility index (Phi) is 5.17. The molecule has 0 spiro atoms. The zero-order chi connectivity index (χ0) is 17.3. The number of hydrogen-bond acceptors (Lipinski definition) is 5. The van der Waals surface area contributed by atoms with Crippen LogP contribution in [0.15, 0.2) is 17.5 Å². The van der Waals surface area contributed by atoms with Gasteiger partial charge in [0.2, 0.25) is 5.91 Å². The summed E-state index contributed by atoms with van der Waals surface area (Å²) in [5.41, 5.74) is 0. The van der Waals surface area contributed by atoms with Crippen molar-refractivity contribution in [1.29, 1.82) is 0 Å². The molecule has 0 saturated carbocycles. The van der Waals surface area contributed by atoms with Crippen LogP contribution in [0, 0.1) is 4.77 Å². The van der Waals surface area contributed by atoms with Crippen molar-refractivity contribution < 1.29 is 9.53 Å². The number of H-pyrrole nitrogens is 1. The molecule has 1 fully saturated rings. The average Bonchev–Trinajstić information content (AvgIpc) is 3.14. The van der Waals surface area contributed by atoms with E-state index in [-0.39, 0.29) is 24.2 Å². The molecular weight excluding hydrogens is 344 g/mol. The Labute approximate surface area is 150 Å². The number of aromatic nitrogens is 3. The standard InChI is InChI=1S/C16H22N4O2S2/c1-9-7-12(8-10(2)22-9)17-15(21)11(3)20-14(18-19-16(20)23)13-5-4-6-24-13/h4-6,9-12H,7-8H2,1-3H3,(H,17,21)(H,19,23)/t9-,10-,11+/m1/s1. The van der Waals surface area contributed by atoms with Gasteiger partial charge in [0.25, 0.3) is 0 Å². The highest BCUT2D eigenvalue weighted by Gasteiger charge is 2.28. The molecule has 3 atom stereocenters. The first kappa shape index (κ1) is 17.3. The number of thiophene rings is 1. The minimum atomic E-state index is -0.429. The summed E-state index contributed by atoms with van der Waals surface area (Å²) in [5.74, 6) is 0.656. The second-order valence-corrected chi connectivity index (χ2v) is 7.64. The number of nitrogens with zero attached hydrogens (tertiary/aromatic N) is 2. The number of nitrogens with one attached hydrogen (secondary N) is 2. The van der Waals surface area contributed by atoms with Crippen LogP contribution in [0.2, 0.25) is 0 Å². The first-order chi connectivity index (χ1) is 11.5. The molecule has 1 amide bonds. The molecule has 2 aromatic rings. The monoisotopic (exact) mass is 366 g/mol. The van der Waals surface area contributed by atoms with Gasteiger partial charge in [-0.2, -0.15) is 5.10 Å². The van der Waals surface area contributed by atoms with E-state index in [2.05, 4.69) is 15.5 Å². The number of ether oxygens (including phenoxy) is 1. The maximum atomic E-state index is 12.7. The molecule has 8 heteroatoms. The van der Waals surface area contributed by atoms with Crippen molar-refractivity contribution in [1.82, 2.24) is 20.1 Å². The van der Waals surface area contributed by atoms with E-state index >= 15 is 0 Å². The van der Waals surface area contributed by atoms with Gasteiger partial charge < -0.3 is 10.1 Å². The number of rotatable bonds is 4. The van der Waals surface area contributed by atoms with E-state index in [4.69, 9.17) is 17.0 Å². The van der Waals surface area contributed by atoms with Gasteiger partial charge in [0, 0.05) is 6.04 Å². The molecular formula is C16H22N4O2S2. The zero-order valence-corrected chi connectivity index (χ0v) is 15.6. The predicted molar refractivity (Wildman–Crippen MR) is 96.6 cm³/mol. The second kappa shape index (κ2) is 7.16. The van der Waals surface area contributed by atoms with Crippen LogP contribution < -0.4 is 5.32 Å². The summed E-state index contributed by atoms with van der Waals surface area (Å²) in [7, 11) is 0. The first-order valence-corrected chi connectivity index (χ1v) is 9.41. The largest absolute Gasteiger partial charge is 0.375 e. The van der Waals surface area contributed by atoms with Crippen molar-refractivity contribution in [2.24, 2.45) is 0 Å². The summed E-state index contributed by atoms with van der Waals surface area (Å²) >= 11 is 6.90. The topological polar surface area (TPSA) is 71.9 Å². The molecule has 130 valence electrons. The molecule has 3 heterocycles. The van der Waals surface area contributed by atoms with E-state index in [9.17, 15) is 4.79 Å². The molecule has 24 heavy (non-hydrogen) atoms. The summed E-state index contributed by atoms with van der Waals surface area (Å²) in [5, 5.41) is 12.2. The van der Waals surface area contributed by atoms with E-state index in [1.54, 1.807) is 15.9 Å². The van der Waals surface area contributed by atoms with E-state index in [0.717, 1.165) is 17.7 Å². The fourth-order valence-corrected chi connectivity index (χ4v) is 4.21. The van der Waals surface area contributed by atoms with E-state index in [0.29, 0.717) is 10.6 Å². The molecule has 0 radical (unpaired) electrons. The van der Waals surface area contributed by atoms with Gasteiger partial charge in [-0.1, -0.05) is 6.07 Å². The van der Waals surface area contributed by atoms with Gasteiger partial charge in [-0.05, 0) is 57.3 Å². The van der Waals surface area contributed by atoms with Gasteiger partial charge in [-0.15, -0.1) is 11.3 Å². The maximum Gasteiger partial charge on any atom is 0.243 e. The van der Waals surface area contributed by atoms with E-state index in [1.165, 1.54) is 0 Å². The smallest absolute Gasteiger partial charge is 0.243 e. The van der Waals surface area contributed by atoms with Crippen LogP contribution in [0.4, 0.5) is 0 Å². The molecule has 1 aliphatic heterocycles. The Morgan fingerprint density at radius 1 is 1.50 bits per heavy atom. The Morgan fingerprint density at radius 2 is 2.21 bits per heavy atom.